The molecule has 2 heterocycles. The maximum absolute atomic E-state index is 11.4. The zero-order chi connectivity index (χ0) is 13.3. The second kappa shape index (κ2) is 4.72. The van der Waals surface area contributed by atoms with Crippen LogP contribution in [0.15, 0.2) is 11.0 Å². The molecular weight excluding hydrogens is 228 g/mol. The molecule has 3 N–H and O–H groups in total. The first kappa shape index (κ1) is 13.1. The van der Waals surface area contributed by atoms with Crippen LogP contribution in [0.2, 0.25) is 0 Å². The highest BCUT2D eigenvalue weighted by atomic mass is 16.1. The molecule has 5 heteroatoms. The van der Waals surface area contributed by atoms with Gasteiger partial charge in [-0.2, -0.15) is 4.98 Å². The quantitative estimate of drug-likeness (QED) is 0.779. The summed E-state index contributed by atoms with van der Waals surface area (Å²) < 4.78 is 0. The number of aromatic amines is 1. The van der Waals surface area contributed by atoms with E-state index < -0.39 is 0 Å². The summed E-state index contributed by atoms with van der Waals surface area (Å²) in [6.45, 7) is 8.14. The fourth-order valence-electron chi connectivity index (χ4n) is 2.34. The van der Waals surface area contributed by atoms with Crippen LogP contribution in [-0.2, 0) is 5.41 Å². The molecule has 1 fully saturated rings. The Morgan fingerprint density at radius 2 is 2.00 bits per heavy atom. The smallest absolute Gasteiger partial charge is 0.345 e. The van der Waals surface area contributed by atoms with Crippen molar-refractivity contribution >= 4 is 5.69 Å². The monoisotopic (exact) mass is 250 g/mol. The minimum Gasteiger partial charge on any atom is -0.369 e. The average Bonchev–Trinajstić information content (AvgIpc) is 2.29. The number of nitrogens with two attached hydrogens (primary N) is 1. The molecule has 0 atom stereocenters. The van der Waals surface area contributed by atoms with Crippen molar-refractivity contribution in [3.8, 4) is 0 Å². The molecule has 0 radical (unpaired) electrons. The Labute approximate surface area is 107 Å². The van der Waals surface area contributed by atoms with E-state index in [0.717, 1.165) is 37.3 Å². The van der Waals surface area contributed by atoms with E-state index in [-0.39, 0.29) is 11.1 Å². The summed E-state index contributed by atoms with van der Waals surface area (Å²) >= 11 is 0. The van der Waals surface area contributed by atoms with Crippen molar-refractivity contribution in [3.63, 3.8) is 0 Å². The van der Waals surface area contributed by atoms with E-state index in [0.29, 0.717) is 6.04 Å². The van der Waals surface area contributed by atoms with Crippen LogP contribution in [0, 0.1) is 0 Å². The zero-order valence-corrected chi connectivity index (χ0v) is 11.4. The molecule has 0 bridgehead atoms. The molecule has 0 spiro atoms. The predicted octanol–water partition coefficient (Wildman–Crippen LogP) is 0.995. The summed E-state index contributed by atoms with van der Waals surface area (Å²) in [5.74, 6) is 0. The van der Waals surface area contributed by atoms with Crippen molar-refractivity contribution < 1.29 is 0 Å². The van der Waals surface area contributed by atoms with Crippen LogP contribution >= 0.6 is 0 Å². The van der Waals surface area contributed by atoms with Crippen molar-refractivity contribution in [2.75, 3.05) is 18.0 Å². The molecule has 0 amide bonds. The molecule has 18 heavy (non-hydrogen) atoms. The minimum absolute atomic E-state index is 0.100. The fraction of sp³-hybridized carbons (Fsp3) is 0.692. The molecule has 1 aromatic rings. The molecule has 2 rings (SSSR count). The van der Waals surface area contributed by atoms with Crippen LogP contribution in [0.5, 0.6) is 0 Å². The Kier molecular flexibility index (Phi) is 3.43. The van der Waals surface area contributed by atoms with E-state index in [2.05, 4.69) is 35.6 Å². The van der Waals surface area contributed by atoms with Crippen LogP contribution in [0.4, 0.5) is 5.69 Å². The molecular formula is C13H22N4O. The van der Waals surface area contributed by atoms with Crippen molar-refractivity contribution in [1.82, 2.24) is 9.97 Å². The molecule has 100 valence electrons. The average molecular weight is 250 g/mol. The second-order valence-corrected chi connectivity index (χ2v) is 6.02. The van der Waals surface area contributed by atoms with Crippen molar-refractivity contribution in [2.45, 2.75) is 45.1 Å². The summed E-state index contributed by atoms with van der Waals surface area (Å²) in [4.78, 5) is 20.4. The molecule has 0 aliphatic carbocycles. The largest absolute Gasteiger partial charge is 0.369 e. The standard InChI is InChI=1S/C13H22N4O/c1-13(2,3)11-10(8-15-12(18)16-11)17-6-4-9(14)5-7-17/h8-9H,4-7,14H2,1-3H3,(H,15,16,18). The third-order valence-corrected chi connectivity index (χ3v) is 3.42. The molecule has 1 saturated heterocycles. The van der Waals surface area contributed by atoms with Crippen molar-refractivity contribution in [2.24, 2.45) is 5.73 Å². The summed E-state index contributed by atoms with van der Waals surface area (Å²) in [7, 11) is 0. The summed E-state index contributed by atoms with van der Waals surface area (Å²) in [6, 6.07) is 0.301. The Morgan fingerprint density at radius 3 is 2.56 bits per heavy atom. The first-order valence-electron chi connectivity index (χ1n) is 6.48. The number of aromatic nitrogens is 2. The van der Waals surface area contributed by atoms with Gasteiger partial charge in [-0.05, 0) is 12.8 Å². The van der Waals surface area contributed by atoms with Gasteiger partial charge in [0.2, 0.25) is 0 Å². The maximum Gasteiger partial charge on any atom is 0.345 e. The summed E-state index contributed by atoms with van der Waals surface area (Å²) in [6.07, 6.45) is 3.67. The second-order valence-electron chi connectivity index (χ2n) is 6.02. The molecule has 1 aliphatic rings. The van der Waals surface area contributed by atoms with E-state index in [1.54, 1.807) is 6.20 Å². The molecule has 0 unspecified atom stereocenters. The Balaban J connectivity index is 2.35. The fourth-order valence-corrected chi connectivity index (χ4v) is 2.34. The molecule has 0 aromatic carbocycles. The number of H-pyrrole nitrogens is 1. The van der Waals surface area contributed by atoms with E-state index in [1.807, 2.05) is 0 Å². The topological polar surface area (TPSA) is 75.0 Å². The van der Waals surface area contributed by atoms with Crippen LogP contribution < -0.4 is 16.3 Å². The molecule has 5 nitrogen and oxygen atoms in total. The number of nitrogens with one attached hydrogen (secondary N) is 1. The number of anilines is 1. The third kappa shape index (κ3) is 2.72. The Hall–Kier alpha value is -1.36. The third-order valence-electron chi connectivity index (χ3n) is 3.42. The first-order chi connectivity index (χ1) is 8.38. The minimum atomic E-state index is -0.280. The van der Waals surface area contributed by atoms with Gasteiger partial charge in [-0.3, -0.25) is 0 Å². The predicted molar refractivity (Wildman–Crippen MR) is 73.0 cm³/mol. The lowest BCUT2D eigenvalue weighted by molar-refractivity contribution is 0.492. The van der Waals surface area contributed by atoms with Crippen molar-refractivity contribution in [1.29, 1.82) is 0 Å². The zero-order valence-electron chi connectivity index (χ0n) is 11.4. The van der Waals surface area contributed by atoms with Gasteiger partial charge < -0.3 is 15.6 Å². The van der Waals surface area contributed by atoms with Gasteiger partial charge in [-0.1, -0.05) is 20.8 Å². The van der Waals surface area contributed by atoms with Gasteiger partial charge in [0.15, 0.2) is 0 Å². The van der Waals surface area contributed by atoms with Crippen LogP contribution in [0.1, 0.15) is 39.3 Å². The first-order valence-corrected chi connectivity index (χ1v) is 6.48. The van der Waals surface area contributed by atoms with Crippen LogP contribution in [0.3, 0.4) is 0 Å². The van der Waals surface area contributed by atoms with E-state index in [4.69, 9.17) is 5.73 Å². The van der Waals surface area contributed by atoms with Gasteiger partial charge in [0, 0.05) is 30.2 Å². The highest BCUT2D eigenvalue weighted by Gasteiger charge is 2.25. The lowest BCUT2D eigenvalue weighted by atomic mass is 9.90. The Morgan fingerprint density at radius 1 is 1.39 bits per heavy atom. The molecule has 1 aromatic heterocycles. The van der Waals surface area contributed by atoms with Gasteiger partial charge in [-0.25, -0.2) is 4.79 Å². The SMILES string of the molecule is CC(C)(C)c1[nH]c(=O)ncc1N1CCC(N)CC1. The number of rotatable bonds is 1. The van der Waals surface area contributed by atoms with Crippen molar-refractivity contribution in [3.05, 3.63) is 22.4 Å². The highest BCUT2D eigenvalue weighted by molar-refractivity contribution is 5.51. The van der Waals surface area contributed by atoms with Gasteiger partial charge in [0.1, 0.15) is 0 Å². The summed E-state index contributed by atoms with van der Waals surface area (Å²) in [5.41, 5.74) is 7.54. The highest BCUT2D eigenvalue weighted by Crippen LogP contribution is 2.29. The number of hydrogen-bond donors (Lipinski definition) is 2. The van der Waals surface area contributed by atoms with Crippen LogP contribution in [-0.4, -0.2) is 29.1 Å². The van der Waals surface area contributed by atoms with Gasteiger partial charge in [0.05, 0.1) is 11.9 Å². The van der Waals surface area contributed by atoms with E-state index >= 15 is 0 Å². The normalized spacial score (nSPS) is 18.1. The molecule has 0 saturated carbocycles. The van der Waals surface area contributed by atoms with E-state index in [1.165, 1.54) is 0 Å². The number of nitrogens with zero attached hydrogens (tertiary/aromatic N) is 2. The van der Waals surface area contributed by atoms with Crippen LogP contribution in [0.25, 0.3) is 0 Å². The van der Waals surface area contributed by atoms with Gasteiger partial charge >= 0.3 is 5.69 Å². The van der Waals surface area contributed by atoms with E-state index in [9.17, 15) is 4.79 Å². The molecule has 1 aliphatic heterocycles. The summed E-state index contributed by atoms with van der Waals surface area (Å²) in [5, 5.41) is 0. The lowest BCUT2D eigenvalue weighted by Gasteiger charge is -2.35. The number of piperidine rings is 1. The number of hydrogen-bond acceptors (Lipinski definition) is 4. The maximum atomic E-state index is 11.4. The van der Waals surface area contributed by atoms with Gasteiger partial charge in [0.25, 0.3) is 0 Å². The Bertz CT molecular complexity index is 467. The lowest BCUT2D eigenvalue weighted by Crippen LogP contribution is -2.41. The van der Waals surface area contributed by atoms with Gasteiger partial charge in [-0.15, -0.1) is 0 Å².